The predicted octanol–water partition coefficient (Wildman–Crippen LogP) is 4.27. The van der Waals surface area contributed by atoms with Gasteiger partial charge in [-0.05, 0) is 42.0 Å². The zero-order chi connectivity index (χ0) is 14.4. The fourth-order valence-electron chi connectivity index (χ4n) is 1.76. The van der Waals surface area contributed by atoms with Gasteiger partial charge in [0.05, 0.1) is 13.2 Å². The van der Waals surface area contributed by atoms with Gasteiger partial charge in [-0.15, -0.1) is 0 Å². The molecule has 4 heteroatoms. The summed E-state index contributed by atoms with van der Waals surface area (Å²) in [4.78, 5) is 11.8. The standard InChI is InChI=1S/C16H14ClFO2/c17-14-3-1-2-12(10-14)11-20-9-8-16(19)13-4-6-15(18)7-5-13/h1-7,10H,8-9,11H2. The highest BCUT2D eigenvalue weighted by Gasteiger charge is 2.05. The summed E-state index contributed by atoms with van der Waals surface area (Å²) in [6.45, 7) is 0.736. The van der Waals surface area contributed by atoms with Crippen molar-refractivity contribution in [3.05, 3.63) is 70.5 Å². The molecule has 0 atom stereocenters. The molecule has 0 heterocycles. The summed E-state index contributed by atoms with van der Waals surface area (Å²) in [6.07, 6.45) is 0.270. The number of hydrogen-bond acceptors (Lipinski definition) is 2. The molecule has 0 saturated heterocycles. The summed E-state index contributed by atoms with van der Waals surface area (Å²) in [5.41, 5.74) is 1.46. The second kappa shape index (κ2) is 7.17. The van der Waals surface area contributed by atoms with Crippen molar-refractivity contribution in [1.82, 2.24) is 0 Å². The fraction of sp³-hybridized carbons (Fsp3) is 0.188. The third-order valence-electron chi connectivity index (χ3n) is 2.80. The van der Waals surface area contributed by atoms with E-state index in [0.717, 1.165) is 5.56 Å². The van der Waals surface area contributed by atoms with Crippen LogP contribution in [0, 0.1) is 5.82 Å². The Hall–Kier alpha value is -1.71. The number of carbonyl (C=O) groups excluding carboxylic acids is 1. The summed E-state index contributed by atoms with van der Waals surface area (Å²) in [6, 6.07) is 12.9. The molecule has 0 amide bonds. The Kier molecular flexibility index (Phi) is 5.27. The summed E-state index contributed by atoms with van der Waals surface area (Å²) < 4.78 is 18.2. The van der Waals surface area contributed by atoms with Crippen molar-refractivity contribution in [3.8, 4) is 0 Å². The SMILES string of the molecule is O=C(CCOCc1cccc(Cl)c1)c1ccc(F)cc1. The maximum absolute atomic E-state index is 12.7. The molecule has 2 nitrogen and oxygen atoms in total. The molecular formula is C16H14ClFO2. The molecule has 0 saturated carbocycles. The van der Waals surface area contributed by atoms with Crippen LogP contribution >= 0.6 is 11.6 Å². The second-order valence-electron chi connectivity index (χ2n) is 4.36. The zero-order valence-electron chi connectivity index (χ0n) is 10.8. The van der Waals surface area contributed by atoms with E-state index in [1.807, 2.05) is 18.2 Å². The van der Waals surface area contributed by atoms with Crippen LogP contribution < -0.4 is 0 Å². The van der Waals surface area contributed by atoms with Crippen LogP contribution in [0.1, 0.15) is 22.3 Å². The average Bonchev–Trinajstić information content (AvgIpc) is 2.44. The first kappa shape index (κ1) is 14.7. The smallest absolute Gasteiger partial charge is 0.165 e. The quantitative estimate of drug-likeness (QED) is 0.587. The first-order chi connectivity index (χ1) is 9.65. The van der Waals surface area contributed by atoms with Crippen LogP contribution in [-0.4, -0.2) is 12.4 Å². The highest BCUT2D eigenvalue weighted by atomic mass is 35.5. The van der Waals surface area contributed by atoms with Crippen LogP contribution in [0.4, 0.5) is 4.39 Å². The van der Waals surface area contributed by atoms with Gasteiger partial charge in [0.25, 0.3) is 0 Å². The molecule has 0 fully saturated rings. The molecule has 2 aromatic carbocycles. The second-order valence-corrected chi connectivity index (χ2v) is 4.80. The lowest BCUT2D eigenvalue weighted by atomic mass is 10.1. The molecule has 0 unspecified atom stereocenters. The zero-order valence-corrected chi connectivity index (χ0v) is 11.6. The van der Waals surface area contributed by atoms with E-state index in [1.54, 1.807) is 6.07 Å². The highest BCUT2D eigenvalue weighted by Crippen LogP contribution is 2.12. The van der Waals surface area contributed by atoms with E-state index < -0.39 is 0 Å². The maximum Gasteiger partial charge on any atom is 0.165 e. The first-order valence-electron chi connectivity index (χ1n) is 6.26. The molecule has 2 aromatic rings. The van der Waals surface area contributed by atoms with Gasteiger partial charge in [-0.3, -0.25) is 4.79 Å². The van der Waals surface area contributed by atoms with Gasteiger partial charge in [0, 0.05) is 17.0 Å². The van der Waals surface area contributed by atoms with Crippen LogP contribution in [0.5, 0.6) is 0 Å². The monoisotopic (exact) mass is 292 g/mol. The van der Waals surface area contributed by atoms with Crippen LogP contribution in [0.15, 0.2) is 48.5 Å². The van der Waals surface area contributed by atoms with Gasteiger partial charge in [-0.25, -0.2) is 4.39 Å². The van der Waals surface area contributed by atoms with Gasteiger partial charge >= 0.3 is 0 Å². The van der Waals surface area contributed by atoms with Crippen molar-refractivity contribution in [2.45, 2.75) is 13.0 Å². The van der Waals surface area contributed by atoms with Crippen molar-refractivity contribution < 1.29 is 13.9 Å². The normalized spacial score (nSPS) is 10.5. The van der Waals surface area contributed by atoms with E-state index >= 15 is 0 Å². The molecule has 2 rings (SSSR count). The van der Waals surface area contributed by atoms with Crippen LogP contribution in [-0.2, 0) is 11.3 Å². The topological polar surface area (TPSA) is 26.3 Å². The molecule has 104 valence electrons. The first-order valence-corrected chi connectivity index (χ1v) is 6.64. The van der Waals surface area contributed by atoms with Gasteiger partial charge in [0.1, 0.15) is 5.82 Å². The van der Waals surface area contributed by atoms with E-state index in [1.165, 1.54) is 24.3 Å². The fourth-order valence-corrected chi connectivity index (χ4v) is 1.97. The molecule has 0 bridgehead atoms. The Morgan fingerprint density at radius 1 is 1.15 bits per heavy atom. The van der Waals surface area contributed by atoms with Gasteiger partial charge in [-0.2, -0.15) is 0 Å². The Balaban J connectivity index is 1.76. The Labute approximate surface area is 122 Å². The summed E-state index contributed by atoms with van der Waals surface area (Å²) in [5, 5.41) is 0.661. The summed E-state index contributed by atoms with van der Waals surface area (Å²) in [5.74, 6) is -0.408. The lowest BCUT2D eigenvalue weighted by molar-refractivity contribution is 0.0848. The largest absolute Gasteiger partial charge is 0.376 e. The number of benzene rings is 2. The number of ether oxygens (including phenoxy) is 1. The maximum atomic E-state index is 12.7. The average molecular weight is 293 g/mol. The summed E-state index contributed by atoms with van der Waals surface area (Å²) >= 11 is 5.86. The summed E-state index contributed by atoms with van der Waals surface area (Å²) in [7, 11) is 0. The Morgan fingerprint density at radius 2 is 1.90 bits per heavy atom. The van der Waals surface area contributed by atoms with E-state index in [2.05, 4.69) is 0 Å². The molecule has 0 aliphatic rings. The third-order valence-corrected chi connectivity index (χ3v) is 3.03. The van der Waals surface area contributed by atoms with Gasteiger partial charge in [-0.1, -0.05) is 23.7 Å². The molecule has 0 aliphatic heterocycles. The third kappa shape index (κ3) is 4.44. The predicted molar refractivity (Wildman–Crippen MR) is 76.5 cm³/mol. The van der Waals surface area contributed by atoms with E-state index in [0.29, 0.717) is 23.8 Å². The van der Waals surface area contributed by atoms with Crippen LogP contribution in [0.3, 0.4) is 0 Å². The molecule has 0 N–H and O–H groups in total. The number of halogens is 2. The molecule has 0 aromatic heterocycles. The Bertz CT molecular complexity index is 581. The molecule has 20 heavy (non-hydrogen) atoms. The lowest BCUT2D eigenvalue weighted by Gasteiger charge is -2.05. The van der Waals surface area contributed by atoms with Crippen molar-refractivity contribution >= 4 is 17.4 Å². The number of Topliss-reactive ketones (excluding diaryl/α,β-unsaturated/α-hetero) is 1. The Morgan fingerprint density at radius 3 is 2.60 bits per heavy atom. The van der Waals surface area contributed by atoms with Gasteiger partial charge in [0.15, 0.2) is 5.78 Å². The molecular weight excluding hydrogens is 279 g/mol. The molecule has 0 spiro atoms. The minimum Gasteiger partial charge on any atom is -0.376 e. The van der Waals surface area contributed by atoms with Gasteiger partial charge < -0.3 is 4.74 Å². The van der Waals surface area contributed by atoms with Crippen molar-refractivity contribution in [2.75, 3.05) is 6.61 Å². The van der Waals surface area contributed by atoms with E-state index in [-0.39, 0.29) is 18.0 Å². The molecule has 0 aliphatic carbocycles. The number of rotatable bonds is 6. The molecule has 0 radical (unpaired) electrons. The van der Waals surface area contributed by atoms with Gasteiger partial charge in [0.2, 0.25) is 0 Å². The van der Waals surface area contributed by atoms with Crippen molar-refractivity contribution in [3.63, 3.8) is 0 Å². The van der Waals surface area contributed by atoms with Crippen LogP contribution in [0.25, 0.3) is 0 Å². The number of carbonyl (C=O) groups is 1. The highest BCUT2D eigenvalue weighted by molar-refractivity contribution is 6.30. The van der Waals surface area contributed by atoms with Crippen molar-refractivity contribution in [1.29, 1.82) is 0 Å². The van der Waals surface area contributed by atoms with E-state index in [9.17, 15) is 9.18 Å². The minimum absolute atomic E-state index is 0.0592. The number of ketones is 1. The minimum atomic E-state index is -0.348. The van der Waals surface area contributed by atoms with Crippen LogP contribution in [0.2, 0.25) is 5.02 Å². The van der Waals surface area contributed by atoms with E-state index in [4.69, 9.17) is 16.3 Å². The van der Waals surface area contributed by atoms with Crippen molar-refractivity contribution in [2.24, 2.45) is 0 Å². The lowest BCUT2D eigenvalue weighted by Crippen LogP contribution is -2.05. The number of hydrogen-bond donors (Lipinski definition) is 0.